The molecule has 23 heavy (non-hydrogen) atoms. The Labute approximate surface area is 166 Å². The van der Waals surface area contributed by atoms with E-state index in [1.165, 1.54) is 64.2 Å². The van der Waals surface area contributed by atoms with Gasteiger partial charge < -0.3 is 24.8 Å². The quantitative estimate of drug-likeness (QED) is 0.593. The summed E-state index contributed by atoms with van der Waals surface area (Å²) in [6, 6.07) is 0. The fourth-order valence-electron chi connectivity index (χ4n) is 3.94. The van der Waals surface area contributed by atoms with Crippen molar-refractivity contribution in [3.05, 3.63) is 45.3 Å². The van der Waals surface area contributed by atoms with Crippen LogP contribution in [0.3, 0.4) is 0 Å². The minimum absolute atomic E-state index is 0. The molecule has 2 unspecified atom stereocenters. The number of rotatable bonds is 2. The molecule has 0 amide bonds. The van der Waals surface area contributed by atoms with E-state index in [0.29, 0.717) is 0 Å². The van der Waals surface area contributed by atoms with Gasteiger partial charge in [0.05, 0.1) is 0 Å². The Morgan fingerprint density at radius 2 is 1.57 bits per heavy atom. The molecule has 0 aliphatic heterocycles. The third-order valence-corrected chi connectivity index (χ3v) is 9.36. The van der Waals surface area contributed by atoms with E-state index in [-0.39, 0.29) is 48.0 Å². The molecular weight excluding hydrogens is 402 g/mol. The van der Waals surface area contributed by atoms with Crippen molar-refractivity contribution < 1.29 is 48.0 Å². The Bertz CT molecular complexity index is 462. The van der Waals surface area contributed by atoms with Crippen LogP contribution in [0.25, 0.3) is 0 Å². The summed E-state index contributed by atoms with van der Waals surface area (Å²) < 4.78 is 2.82. The molecule has 3 rings (SSSR count). The molecule has 0 saturated heterocycles. The number of fused-ring (bicyclic) bond motifs is 1. The van der Waals surface area contributed by atoms with Gasteiger partial charge in [-0.05, 0) is 0 Å². The first-order valence-electron chi connectivity index (χ1n) is 8.92. The molecule has 0 N–H and O–H groups in total. The van der Waals surface area contributed by atoms with Gasteiger partial charge in [-0.25, -0.2) is 0 Å². The molecule has 126 valence electrons. The molecule has 0 bridgehead atoms. The number of halogens is 2. The fourth-order valence-corrected chi connectivity index (χ4v) is 8.08. The minimum Gasteiger partial charge on any atom is -1.00 e. The van der Waals surface area contributed by atoms with E-state index in [0.717, 1.165) is 9.54 Å². The zero-order chi connectivity index (χ0) is 14.3. The summed E-state index contributed by atoms with van der Waals surface area (Å²) in [7, 11) is 0. The first-order chi connectivity index (χ1) is 10.4. The van der Waals surface area contributed by atoms with Gasteiger partial charge in [-0.3, -0.25) is 0 Å². The number of allylic oxidation sites excluding steroid dienone is 8. The zero-order valence-corrected chi connectivity index (χ0v) is 17.9. The van der Waals surface area contributed by atoms with Crippen LogP contribution < -0.4 is 24.8 Å². The molecule has 0 nitrogen and oxygen atoms in total. The predicted molar refractivity (Wildman–Crippen MR) is 87.9 cm³/mol. The van der Waals surface area contributed by atoms with Crippen LogP contribution in [0.15, 0.2) is 45.3 Å². The van der Waals surface area contributed by atoms with Crippen molar-refractivity contribution >= 4 is 0 Å². The van der Waals surface area contributed by atoms with E-state index < -0.39 is 0 Å². The molecular formula is C20H28Cl2Zr. The Balaban J connectivity index is 0.00000132. The molecule has 0 spiro atoms. The summed E-state index contributed by atoms with van der Waals surface area (Å²) in [5.41, 5.74) is 1.85. The van der Waals surface area contributed by atoms with Crippen molar-refractivity contribution in [1.29, 1.82) is 0 Å². The van der Waals surface area contributed by atoms with Crippen LogP contribution in [0.4, 0.5) is 0 Å². The van der Waals surface area contributed by atoms with Crippen molar-refractivity contribution in [2.75, 3.05) is 0 Å². The van der Waals surface area contributed by atoms with E-state index in [2.05, 4.69) is 36.5 Å². The van der Waals surface area contributed by atoms with Crippen LogP contribution in [-0.2, 0) is 23.2 Å². The van der Waals surface area contributed by atoms with Crippen molar-refractivity contribution in [1.82, 2.24) is 0 Å². The topological polar surface area (TPSA) is 0 Å². The largest absolute Gasteiger partial charge is 1.00 e. The van der Waals surface area contributed by atoms with Crippen LogP contribution in [0, 0.1) is 5.92 Å². The van der Waals surface area contributed by atoms with Crippen LogP contribution in [0.5, 0.6) is 0 Å². The van der Waals surface area contributed by atoms with Gasteiger partial charge in [-0.2, -0.15) is 0 Å². The molecule has 3 heteroatoms. The van der Waals surface area contributed by atoms with Gasteiger partial charge >= 0.3 is 142 Å². The van der Waals surface area contributed by atoms with Crippen molar-refractivity contribution in [3.63, 3.8) is 0 Å². The Kier molecular flexibility index (Phi) is 11.1. The van der Waals surface area contributed by atoms with Gasteiger partial charge in [0.1, 0.15) is 0 Å². The summed E-state index contributed by atoms with van der Waals surface area (Å²) in [6.07, 6.45) is 28.6. The first kappa shape index (κ1) is 21.5. The van der Waals surface area contributed by atoms with Crippen LogP contribution in [-0.4, -0.2) is 0 Å². The molecule has 0 heterocycles. The Morgan fingerprint density at radius 1 is 0.783 bits per heavy atom. The van der Waals surface area contributed by atoms with E-state index in [4.69, 9.17) is 0 Å². The van der Waals surface area contributed by atoms with Gasteiger partial charge in [0, 0.05) is 0 Å². The van der Waals surface area contributed by atoms with Crippen LogP contribution >= 0.6 is 0 Å². The third kappa shape index (κ3) is 6.68. The van der Waals surface area contributed by atoms with Gasteiger partial charge in [-0.1, -0.05) is 0 Å². The second-order valence-electron chi connectivity index (χ2n) is 6.74. The Hall–Kier alpha value is 0.423. The summed E-state index contributed by atoms with van der Waals surface area (Å²) in [5, 5.41) is 0. The SMILES string of the molecule is C1=CCCCCCCCC2CC[CH]([Zr+2][C]3=CC=CC3)C2=C1.[Cl-].[Cl-]. The van der Waals surface area contributed by atoms with Crippen molar-refractivity contribution in [3.8, 4) is 0 Å². The van der Waals surface area contributed by atoms with Gasteiger partial charge in [0.2, 0.25) is 0 Å². The maximum Gasteiger partial charge on any atom is -1.00 e. The van der Waals surface area contributed by atoms with Crippen LogP contribution in [0.2, 0.25) is 3.63 Å². The number of hydrogen-bond acceptors (Lipinski definition) is 0. The van der Waals surface area contributed by atoms with E-state index in [1.54, 1.807) is 0 Å². The van der Waals surface area contributed by atoms with Gasteiger partial charge in [0.25, 0.3) is 0 Å². The fraction of sp³-hybridized carbons (Fsp3) is 0.600. The first-order valence-corrected chi connectivity index (χ1v) is 11.6. The number of hydrogen-bond donors (Lipinski definition) is 0. The van der Waals surface area contributed by atoms with Crippen molar-refractivity contribution in [2.45, 2.75) is 67.8 Å². The summed E-state index contributed by atoms with van der Waals surface area (Å²) in [5.74, 6) is 0.926. The monoisotopic (exact) mass is 428 g/mol. The molecule has 0 radical (unpaired) electrons. The molecule has 0 aromatic carbocycles. The molecule has 3 aliphatic rings. The average molecular weight is 431 g/mol. The smallest absolute Gasteiger partial charge is 1.00 e. The predicted octanol–water partition coefficient (Wildman–Crippen LogP) is 0.346. The normalized spacial score (nSPS) is 27.3. The van der Waals surface area contributed by atoms with Crippen LogP contribution in [0.1, 0.15) is 64.2 Å². The summed E-state index contributed by atoms with van der Waals surface area (Å²) in [4.78, 5) is 0. The van der Waals surface area contributed by atoms with E-state index in [9.17, 15) is 0 Å². The summed E-state index contributed by atoms with van der Waals surface area (Å²) >= 11 is -0.376. The average Bonchev–Trinajstić information content (AvgIpc) is 3.10. The van der Waals surface area contributed by atoms with Gasteiger partial charge in [-0.15, -0.1) is 0 Å². The second-order valence-corrected chi connectivity index (χ2v) is 10.7. The van der Waals surface area contributed by atoms with Gasteiger partial charge in [0.15, 0.2) is 0 Å². The second kappa shape index (κ2) is 11.9. The molecule has 0 aromatic heterocycles. The van der Waals surface area contributed by atoms with E-state index >= 15 is 0 Å². The molecule has 1 fully saturated rings. The standard InChI is InChI=1S/C15H23.C5H5.2ClH.Zr/c1-2-4-6-8-11-15-13-9-12-14(15)10-7-5-3-1;1-2-4-5-3-1;;;/h5,7,10,12,15H,1-4,6,8-9,11,13H2;1-3H,4H2;2*1H;/q;;;;+2/p-2. The molecule has 2 atom stereocenters. The van der Waals surface area contributed by atoms with E-state index in [1.807, 2.05) is 8.85 Å². The maximum absolute atomic E-state index is 2.54. The molecule has 0 aromatic rings. The van der Waals surface area contributed by atoms with Crippen molar-refractivity contribution in [2.24, 2.45) is 5.92 Å². The minimum atomic E-state index is -0.376. The third-order valence-electron chi connectivity index (χ3n) is 5.16. The zero-order valence-electron chi connectivity index (χ0n) is 13.9. The molecule has 1 saturated carbocycles. The summed E-state index contributed by atoms with van der Waals surface area (Å²) in [6.45, 7) is 0. The molecule has 3 aliphatic carbocycles. The Morgan fingerprint density at radius 3 is 2.39 bits per heavy atom. The maximum atomic E-state index is 2.54.